The van der Waals surface area contributed by atoms with Crippen LogP contribution < -0.4 is 15.4 Å². The SMILES string of the molecule is Cc1ccc(CNC2=NCCCN2)c(OC(C)C)c1.I. The minimum Gasteiger partial charge on any atom is -0.491 e. The molecule has 112 valence electrons. The van der Waals surface area contributed by atoms with Gasteiger partial charge in [0, 0.05) is 25.2 Å². The van der Waals surface area contributed by atoms with Crippen LogP contribution in [0.2, 0.25) is 0 Å². The van der Waals surface area contributed by atoms with Crippen molar-refractivity contribution in [3.63, 3.8) is 0 Å². The highest BCUT2D eigenvalue weighted by Crippen LogP contribution is 2.21. The number of ether oxygens (including phenoxy) is 1. The van der Waals surface area contributed by atoms with Gasteiger partial charge < -0.3 is 15.4 Å². The largest absolute Gasteiger partial charge is 0.491 e. The number of hydrogen-bond acceptors (Lipinski definition) is 4. The molecule has 4 nitrogen and oxygen atoms in total. The fourth-order valence-electron chi connectivity index (χ4n) is 2.00. The van der Waals surface area contributed by atoms with Crippen LogP contribution in [0.25, 0.3) is 0 Å². The molecule has 0 radical (unpaired) electrons. The van der Waals surface area contributed by atoms with E-state index in [0.29, 0.717) is 0 Å². The summed E-state index contributed by atoms with van der Waals surface area (Å²) in [5, 5.41) is 6.59. The van der Waals surface area contributed by atoms with E-state index in [9.17, 15) is 0 Å². The average molecular weight is 389 g/mol. The van der Waals surface area contributed by atoms with Crippen LogP contribution in [0.5, 0.6) is 5.75 Å². The molecule has 0 aliphatic carbocycles. The van der Waals surface area contributed by atoms with Crippen molar-refractivity contribution in [1.82, 2.24) is 10.6 Å². The van der Waals surface area contributed by atoms with Gasteiger partial charge in [0.2, 0.25) is 0 Å². The molecule has 0 fully saturated rings. The number of aryl methyl sites for hydroxylation is 1. The van der Waals surface area contributed by atoms with Crippen LogP contribution in [0.1, 0.15) is 31.4 Å². The van der Waals surface area contributed by atoms with E-state index in [1.54, 1.807) is 0 Å². The summed E-state index contributed by atoms with van der Waals surface area (Å²) in [5.41, 5.74) is 2.38. The Morgan fingerprint density at radius 1 is 1.40 bits per heavy atom. The molecule has 1 aliphatic rings. The quantitative estimate of drug-likeness (QED) is 0.779. The lowest BCUT2D eigenvalue weighted by Gasteiger charge is -2.18. The van der Waals surface area contributed by atoms with Gasteiger partial charge in [-0.2, -0.15) is 0 Å². The van der Waals surface area contributed by atoms with Crippen molar-refractivity contribution < 1.29 is 4.74 Å². The normalized spacial score (nSPS) is 14.1. The third kappa shape index (κ3) is 5.19. The molecular weight excluding hydrogens is 365 g/mol. The first kappa shape index (κ1) is 17.1. The van der Waals surface area contributed by atoms with E-state index in [1.165, 1.54) is 5.56 Å². The molecule has 0 saturated heterocycles. The summed E-state index contributed by atoms with van der Waals surface area (Å²) in [7, 11) is 0. The smallest absolute Gasteiger partial charge is 0.191 e. The third-order valence-electron chi connectivity index (χ3n) is 2.93. The molecule has 1 aromatic rings. The van der Waals surface area contributed by atoms with Crippen LogP contribution >= 0.6 is 24.0 Å². The molecule has 1 aliphatic heterocycles. The van der Waals surface area contributed by atoms with Crippen LogP contribution in [-0.2, 0) is 6.54 Å². The standard InChI is InChI=1S/C15H23N3O.HI/c1-11(2)19-14-9-12(3)5-6-13(14)10-18-15-16-7-4-8-17-15;/h5-6,9,11H,4,7-8,10H2,1-3H3,(H2,16,17,18);1H. The summed E-state index contributed by atoms with van der Waals surface area (Å²) in [5.74, 6) is 1.85. The number of nitrogens with zero attached hydrogens (tertiary/aromatic N) is 1. The number of hydrogen-bond donors (Lipinski definition) is 2. The molecule has 0 saturated carbocycles. The predicted molar refractivity (Wildman–Crippen MR) is 94.1 cm³/mol. The molecule has 0 atom stereocenters. The van der Waals surface area contributed by atoms with Gasteiger partial charge in [-0.3, -0.25) is 4.99 Å². The first-order valence-corrected chi connectivity index (χ1v) is 6.93. The van der Waals surface area contributed by atoms with Crippen LogP contribution in [0.15, 0.2) is 23.2 Å². The number of benzene rings is 1. The van der Waals surface area contributed by atoms with Crippen LogP contribution in [0.4, 0.5) is 0 Å². The van der Waals surface area contributed by atoms with Gasteiger partial charge in [0.05, 0.1) is 6.10 Å². The lowest BCUT2D eigenvalue weighted by molar-refractivity contribution is 0.239. The van der Waals surface area contributed by atoms with Gasteiger partial charge in [0.1, 0.15) is 5.75 Å². The summed E-state index contributed by atoms with van der Waals surface area (Å²) < 4.78 is 5.87. The summed E-state index contributed by atoms with van der Waals surface area (Å²) in [6, 6.07) is 6.32. The fraction of sp³-hybridized carbons (Fsp3) is 0.533. The molecule has 1 aromatic carbocycles. The second kappa shape index (κ2) is 8.34. The maximum atomic E-state index is 5.87. The summed E-state index contributed by atoms with van der Waals surface area (Å²) in [6.07, 6.45) is 1.29. The van der Waals surface area contributed by atoms with Crippen molar-refractivity contribution >= 4 is 29.9 Å². The first-order chi connectivity index (χ1) is 9.15. The molecule has 0 spiro atoms. The van der Waals surface area contributed by atoms with E-state index in [4.69, 9.17) is 4.74 Å². The van der Waals surface area contributed by atoms with Crippen molar-refractivity contribution in [1.29, 1.82) is 0 Å². The Hall–Kier alpha value is -0.980. The second-order valence-electron chi connectivity index (χ2n) is 5.14. The molecule has 1 heterocycles. The molecule has 20 heavy (non-hydrogen) atoms. The number of halogens is 1. The second-order valence-corrected chi connectivity index (χ2v) is 5.14. The van der Waals surface area contributed by atoms with E-state index < -0.39 is 0 Å². The van der Waals surface area contributed by atoms with Gasteiger partial charge in [-0.1, -0.05) is 12.1 Å². The monoisotopic (exact) mass is 389 g/mol. The lowest BCUT2D eigenvalue weighted by atomic mass is 10.1. The first-order valence-electron chi connectivity index (χ1n) is 6.93. The summed E-state index contributed by atoms with van der Waals surface area (Å²) in [4.78, 5) is 4.41. The maximum Gasteiger partial charge on any atom is 0.191 e. The van der Waals surface area contributed by atoms with Gasteiger partial charge in [-0.05, 0) is 38.8 Å². The van der Waals surface area contributed by atoms with Crippen molar-refractivity contribution in [3.8, 4) is 5.75 Å². The third-order valence-corrected chi connectivity index (χ3v) is 2.93. The topological polar surface area (TPSA) is 45.7 Å². The molecule has 0 aromatic heterocycles. The minimum absolute atomic E-state index is 0. The fourth-order valence-corrected chi connectivity index (χ4v) is 2.00. The molecule has 5 heteroatoms. The zero-order chi connectivity index (χ0) is 13.7. The highest BCUT2D eigenvalue weighted by molar-refractivity contribution is 14.0. The van der Waals surface area contributed by atoms with E-state index in [2.05, 4.69) is 40.7 Å². The highest BCUT2D eigenvalue weighted by Gasteiger charge is 2.08. The van der Waals surface area contributed by atoms with Crippen molar-refractivity contribution in [2.24, 2.45) is 4.99 Å². The van der Waals surface area contributed by atoms with Gasteiger partial charge in [0.15, 0.2) is 5.96 Å². The zero-order valence-electron chi connectivity index (χ0n) is 12.4. The van der Waals surface area contributed by atoms with Crippen LogP contribution in [0, 0.1) is 6.92 Å². The number of nitrogens with one attached hydrogen (secondary N) is 2. The predicted octanol–water partition coefficient (Wildman–Crippen LogP) is 2.84. The van der Waals surface area contributed by atoms with E-state index in [0.717, 1.165) is 43.3 Å². The lowest BCUT2D eigenvalue weighted by Crippen LogP contribution is -2.40. The number of aliphatic imine (C=N–C) groups is 1. The van der Waals surface area contributed by atoms with E-state index in [-0.39, 0.29) is 30.1 Å². The Bertz CT molecular complexity index is 460. The molecular formula is C15H24IN3O. The van der Waals surface area contributed by atoms with Gasteiger partial charge in [-0.25, -0.2) is 0 Å². The van der Waals surface area contributed by atoms with Gasteiger partial charge in [0.25, 0.3) is 0 Å². The minimum atomic E-state index is 0. The zero-order valence-corrected chi connectivity index (χ0v) is 14.7. The number of rotatable bonds is 4. The Labute approximate surface area is 138 Å². The number of guanidine groups is 1. The Morgan fingerprint density at radius 3 is 2.85 bits per heavy atom. The summed E-state index contributed by atoms with van der Waals surface area (Å²) in [6.45, 7) is 8.80. The van der Waals surface area contributed by atoms with Gasteiger partial charge in [-0.15, -0.1) is 24.0 Å². The summed E-state index contributed by atoms with van der Waals surface area (Å²) >= 11 is 0. The molecule has 2 N–H and O–H groups in total. The van der Waals surface area contributed by atoms with E-state index >= 15 is 0 Å². The van der Waals surface area contributed by atoms with E-state index in [1.807, 2.05) is 13.8 Å². The van der Waals surface area contributed by atoms with Crippen molar-refractivity contribution in [3.05, 3.63) is 29.3 Å². The average Bonchev–Trinajstić information content (AvgIpc) is 2.38. The Kier molecular flexibility index (Phi) is 7.12. The van der Waals surface area contributed by atoms with Gasteiger partial charge >= 0.3 is 0 Å². The Morgan fingerprint density at radius 2 is 2.20 bits per heavy atom. The van der Waals surface area contributed by atoms with Crippen molar-refractivity contribution in [2.45, 2.75) is 39.8 Å². The molecule has 0 amide bonds. The highest BCUT2D eigenvalue weighted by atomic mass is 127. The maximum absolute atomic E-state index is 5.87. The van der Waals surface area contributed by atoms with Crippen LogP contribution in [0.3, 0.4) is 0 Å². The molecule has 0 unspecified atom stereocenters. The Balaban J connectivity index is 0.00000200. The molecule has 0 bridgehead atoms. The van der Waals surface area contributed by atoms with Crippen LogP contribution in [-0.4, -0.2) is 25.2 Å². The van der Waals surface area contributed by atoms with Crippen molar-refractivity contribution in [2.75, 3.05) is 13.1 Å². The molecule has 2 rings (SSSR count).